The third-order valence-electron chi connectivity index (χ3n) is 1.78. The van der Waals surface area contributed by atoms with Gasteiger partial charge < -0.3 is 5.73 Å². The van der Waals surface area contributed by atoms with Gasteiger partial charge >= 0.3 is 0 Å². The molecule has 0 heterocycles. The minimum atomic E-state index is -0.557. The van der Waals surface area contributed by atoms with E-state index in [-0.39, 0.29) is 6.42 Å². The zero-order valence-corrected chi connectivity index (χ0v) is 8.52. The van der Waals surface area contributed by atoms with Gasteiger partial charge in [0.1, 0.15) is 5.82 Å². The van der Waals surface area contributed by atoms with Gasteiger partial charge in [0.2, 0.25) is 0 Å². The molecular weight excluding hydrogens is 240 g/mol. The zero-order chi connectivity index (χ0) is 9.84. The fourth-order valence-electron chi connectivity index (χ4n) is 1.08. The molecular formula is C9H10BrF2N. The monoisotopic (exact) mass is 249 g/mol. The van der Waals surface area contributed by atoms with Gasteiger partial charge in [0.05, 0.1) is 6.67 Å². The maximum absolute atomic E-state index is 13.2. The summed E-state index contributed by atoms with van der Waals surface area (Å²) in [4.78, 5) is 0. The molecule has 2 N–H and O–H groups in total. The highest BCUT2D eigenvalue weighted by atomic mass is 79.9. The molecule has 0 fully saturated rings. The summed E-state index contributed by atoms with van der Waals surface area (Å²) in [5.74, 6) is -0.393. The first kappa shape index (κ1) is 10.6. The van der Waals surface area contributed by atoms with E-state index >= 15 is 0 Å². The molecule has 4 heteroatoms. The van der Waals surface area contributed by atoms with Crippen molar-refractivity contribution in [1.29, 1.82) is 0 Å². The minimum Gasteiger partial charge on any atom is -0.324 e. The van der Waals surface area contributed by atoms with Crippen molar-refractivity contribution < 1.29 is 8.78 Å². The second-order valence-corrected chi connectivity index (χ2v) is 3.67. The summed E-state index contributed by atoms with van der Waals surface area (Å²) in [6, 6.07) is 4.03. The summed E-state index contributed by atoms with van der Waals surface area (Å²) in [5.41, 5.74) is 5.92. The molecule has 13 heavy (non-hydrogen) atoms. The average Bonchev–Trinajstić information content (AvgIpc) is 2.04. The molecule has 0 saturated carbocycles. The van der Waals surface area contributed by atoms with E-state index in [0.29, 0.717) is 10.0 Å². The number of halogens is 3. The number of hydrogen-bond acceptors (Lipinski definition) is 1. The first-order chi connectivity index (χ1) is 6.15. The Bertz CT molecular complexity index is 291. The molecule has 0 aliphatic heterocycles. The Morgan fingerprint density at radius 1 is 1.46 bits per heavy atom. The molecule has 1 nitrogen and oxygen atoms in total. The second kappa shape index (κ2) is 4.67. The van der Waals surface area contributed by atoms with Crippen LogP contribution in [0.25, 0.3) is 0 Å². The van der Waals surface area contributed by atoms with Crippen molar-refractivity contribution in [2.45, 2.75) is 12.5 Å². The Hall–Kier alpha value is -0.480. The van der Waals surface area contributed by atoms with Gasteiger partial charge in [0, 0.05) is 16.1 Å². The van der Waals surface area contributed by atoms with Crippen LogP contribution in [0.5, 0.6) is 0 Å². The Morgan fingerprint density at radius 2 is 2.15 bits per heavy atom. The summed E-state index contributed by atoms with van der Waals surface area (Å²) in [7, 11) is 0. The van der Waals surface area contributed by atoms with E-state index in [9.17, 15) is 8.78 Å². The number of hydrogen-bond donors (Lipinski definition) is 1. The second-order valence-electron chi connectivity index (χ2n) is 2.75. The lowest BCUT2D eigenvalue weighted by atomic mass is 10.1. The van der Waals surface area contributed by atoms with Gasteiger partial charge in [-0.05, 0) is 18.6 Å². The third kappa shape index (κ3) is 2.74. The average molecular weight is 250 g/mol. The van der Waals surface area contributed by atoms with Crippen LogP contribution >= 0.6 is 15.9 Å². The van der Waals surface area contributed by atoms with E-state index in [2.05, 4.69) is 15.9 Å². The van der Waals surface area contributed by atoms with Crippen LogP contribution in [0.2, 0.25) is 0 Å². The Labute approximate surface area is 84.1 Å². The topological polar surface area (TPSA) is 26.0 Å². The molecule has 0 aromatic heterocycles. The molecule has 0 amide bonds. The maximum atomic E-state index is 13.2. The SMILES string of the molecule is N[C@@H](CCF)c1ccc(Br)cc1F. The molecule has 0 unspecified atom stereocenters. The largest absolute Gasteiger partial charge is 0.324 e. The van der Waals surface area contributed by atoms with Crippen LogP contribution in [0.1, 0.15) is 18.0 Å². The summed E-state index contributed by atoms with van der Waals surface area (Å²) in [5, 5.41) is 0. The summed E-state index contributed by atoms with van der Waals surface area (Å²) >= 11 is 3.13. The smallest absolute Gasteiger partial charge is 0.129 e. The predicted octanol–water partition coefficient (Wildman–Crippen LogP) is 2.95. The molecule has 1 aromatic rings. The van der Waals surface area contributed by atoms with E-state index < -0.39 is 18.5 Å². The highest BCUT2D eigenvalue weighted by molar-refractivity contribution is 9.10. The van der Waals surface area contributed by atoms with Gasteiger partial charge in [-0.1, -0.05) is 22.0 Å². The molecule has 72 valence electrons. The predicted molar refractivity (Wildman–Crippen MR) is 51.6 cm³/mol. The zero-order valence-electron chi connectivity index (χ0n) is 6.93. The molecule has 1 rings (SSSR count). The van der Waals surface area contributed by atoms with E-state index in [1.54, 1.807) is 12.1 Å². The number of alkyl halides is 1. The van der Waals surface area contributed by atoms with Crippen LogP contribution < -0.4 is 5.73 Å². The van der Waals surface area contributed by atoms with Crippen LogP contribution in [0.3, 0.4) is 0 Å². The van der Waals surface area contributed by atoms with Gasteiger partial charge in [-0.15, -0.1) is 0 Å². The summed E-state index contributed by atoms with van der Waals surface area (Å²) in [6.07, 6.45) is 0.151. The molecule has 0 saturated heterocycles. The van der Waals surface area contributed by atoms with Crippen molar-refractivity contribution in [2.24, 2.45) is 5.73 Å². The number of benzene rings is 1. The summed E-state index contributed by atoms with van der Waals surface area (Å²) < 4.78 is 25.8. The molecule has 1 atom stereocenters. The quantitative estimate of drug-likeness (QED) is 0.876. The van der Waals surface area contributed by atoms with Crippen molar-refractivity contribution in [1.82, 2.24) is 0 Å². The lowest BCUT2D eigenvalue weighted by molar-refractivity contribution is 0.435. The maximum Gasteiger partial charge on any atom is 0.129 e. The molecule has 0 aliphatic rings. The van der Waals surface area contributed by atoms with Crippen LogP contribution in [0.4, 0.5) is 8.78 Å². The first-order valence-corrected chi connectivity index (χ1v) is 4.71. The fourth-order valence-corrected chi connectivity index (χ4v) is 1.41. The molecule has 0 radical (unpaired) electrons. The first-order valence-electron chi connectivity index (χ1n) is 3.91. The van der Waals surface area contributed by atoms with Crippen molar-refractivity contribution >= 4 is 15.9 Å². The normalized spacial score (nSPS) is 12.9. The van der Waals surface area contributed by atoms with Gasteiger partial charge in [0.15, 0.2) is 0 Å². The standard InChI is InChI=1S/C9H10BrF2N/c10-6-1-2-7(8(12)5-6)9(13)3-4-11/h1-2,5,9H,3-4,13H2/t9-/m0/s1. The van der Waals surface area contributed by atoms with Gasteiger partial charge in [-0.25, -0.2) is 4.39 Å². The van der Waals surface area contributed by atoms with E-state index in [0.717, 1.165) is 0 Å². The van der Waals surface area contributed by atoms with Crippen molar-refractivity contribution in [2.75, 3.05) is 6.67 Å². The highest BCUT2D eigenvalue weighted by Crippen LogP contribution is 2.21. The Balaban J connectivity index is 2.88. The van der Waals surface area contributed by atoms with Gasteiger partial charge in [-0.2, -0.15) is 0 Å². The van der Waals surface area contributed by atoms with E-state index in [4.69, 9.17) is 5.73 Å². The van der Waals surface area contributed by atoms with Crippen molar-refractivity contribution in [3.63, 3.8) is 0 Å². The van der Waals surface area contributed by atoms with Crippen molar-refractivity contribution in [3.05, 3.63) is 34.1 Å². The van der Waals surface area contributed by atoms with Crippen molar-refractivity contribution in [3.8, 4) is 0 Å². The Kier molecular flexibility index (Phi) is 3.81. The van der Waals surface area contributed by atoms with Gasteiger partial charge in [-0.3, -0.25) is 4.39 Å². The molecule has 0 bridgehead atoms. The summed E-state index contributed by atoms with van der Waals surface area (Å²) in [6.45, 7) is -0.531. The van der Waals surface area contributed by atoms with Crippen LogP contribution in [-0.2, 0) is 0 Å². The Morgan fingerprint density at radius 3 is 2.69 bits per heavy atom. The van der Waals surface area contributed by atoms with Gasteiger partial charge in [0.25, 0.3) is 0 Å². The number of rotatable bonds is 3. The van der Waals surface area contributed by atoms with E-state index in [1.807, 2.05) is 0 Å². The number of nitrogens with two attached hydrogens (primary N) is 1. The highest BCUT2D eigenvalue weighted by Gasteiger charge is 2.10. The molecule has 1 aromatic carbocycles. The molecule has 0 aliphatic carbocycles. The van der Waals surface area contributed by atoms with E-state index in [1.165, 1.54) is 6.07 Å². The molecule has 0 spiro atoms. The lowest BCUT2D eigenvalue weighted by Crippen LogP contribution is -2.12. The lowest BCUT2D eigenvalue weighted by Gasteiger charge is -2.10. The fraction of sp³-hybridized carbons (Fsp3) is 0.333. The van der Waals surface area contributed by atoms with Crippen LogP contribution in [-0.4, -0.2) is 6.67 Å². The minimum absolute atomic E-state index is 0.151. The van der Waals surface area contributed by atoms with Crippen LogP contribution in [0.15, 0.2) is 22.7 Å². The van der Waals surface area contributed by atoms with Crippen LogP contribution in [0, 0.1) is 5.82 Å². The third-order valence-corrected chi connectivity index (χ3v) is 2.28.